The number of carbonyl (C=O) groups excluding carboxylic acids is 2. The number of amides is 2. The van der Waals surface area contributed by atoms with Crippen LogP contribution in [0, 0.1) is 12.8 Å². The van der Waals surface area contributed by atoms with Gasteiger partial charge >= 0.3 is 5.69 Å². The molecule has 1 aliphatic rings. The number of likely N-dealkylation sites (tertiary alicyclic amines) is 1. The van der Waals surface area contributed by atoms with Crippen molar-refractivity contribution in [2.45, 2.75) is 46.2 Å². The molecular weight excluding hydrogens is 398 g/mol. The molecule has 0 aliphatic carbocycles. The smallest absolute Gasteiger partial charge is 0.330 e. The van der Waals surface area contributed by atoms with E-state index in [0.717, 1.165) is 17.5 Å². The van der Waals surface area contributed by atoms with Gasteiger partial charge in [-0.15, -0.1) is 0 Å². The highest BCUT2D eigenvalue weighted by Crippen LogP contribution is 2.25. The highest BCUT2D eigenvalue weighted by atomic mass is 16.2. The predicted octanol–water partition coefficient (Wildman–Crippen LogP) is 1.24. The number of nitrogens with two attached hydrogens (primary N) is 1. The van der Waals surface area contributed by atoms with Crippen molar-refractivity contribution in [3.05, 3.63) is 56.2 Å². The summed E-state index contributed by atoms with van der Waals surface area (Å²) in [5.41, 5.74) is 6.85. The Morgan fingerprint density at radius 2 is 1.90 bits per heavy atom. The number of aromatic nitrogens is 2. The Kier molecular flexibility index (Phi) is 6.62. The van der Waals surface area contributed by atoms with E-state index >= 15 is 0 Å². The van der Waals surface area contributed by atoms with Gasteiger partial charge in [0.25, 0.3) is 5.56 Å². The molecule has 3 N–H and O–H groups in total. The van der Waals surface area contributed by atoms with Crippen LogP contribution in [0.4, 0.5) is 11.5 Å². The van der Waals surface area contributed by atoms with E-state index in [2.05, 4.69) is 4.98 Å². The van der Waals surface area contributed by atoms with Gasteiger partial charge in [0.2, 0.25) is 11.8 Å². The fourth-order valence-electron chi connectivity index (χ4n) is 3.83. The number of aromatic amines is 1. The topological polar surface area (TPSA) is 121 Å². The maximum Gasteiger partial charge on any atom is 0.330 e. The first kappa shape index (κ1) is 22.3. The Bertz CT molecular complexity index is 1090. The van der Waals surface area contributed by atoms with E-state index in [-0.39, 0.29) is 36.3 Å². The average molecular weight is 428 g/mol. The van der Waals surface area contributed by atoms with Gasteiger partial charge in [-0.3, -0.25) is 23.9 Å². The Labute approximate surface area is 180 Å². The molecule has 0 radical (unpaired) electrons. The summed E-state index contributed by atoms with van der Waals surface area (Å²) in [7, 11) is 1.45. The minimum absolute atomic E-state index is 0.0427. The van der Waals surface area contributed by atoms with Crippen LogP contribution in [0.15, 0.2) is 33.9 Å². The van der Waals surface area contributed by atoms with Crippen molar-refractivity contribution in [1.29, 1.82) is 0 Å². The number of aryl methyl sites for hydroxylation is 1. The van der Waals surface area contributed by atoms with Crippen LogP contribution in [-0.2, 0) is 22.7 Å². The number of hydrogen-bond donors (Lipinski definition) is 2. The fourth-order valence-corrected chi connectivity index (χ4v) is 3.83. The second-order valence-electron chi connectivity index (χ2n) is 8.06. The van der Waals surface area contributed by atoms with Crippen molar-refractivity contribution in [3.63, 3.8) is 0 Å². The van der Waals surface area contributed by atoms with Gasteiger partial charge in [0, 0.05) is 33.1 Å². The van der Waals surface area contributed by atoms with Crippen LogP contribution in [0.1, 0.15) is 37.3 Å². The molecule has 2 heterocycles. The van der Waals surface area contributed by atoms with E-state index in [9.17, 15) is 19.2 Å². The largest absolute Gasteiger partial charge is 0.383 e. The van der Waals surface area contributed by atoms with Crippen LogP contribution >= 0.6 is 0 Å². The predicted molar refractivity (Wildman–Crippen MR) is 119 cm³/mol. The molecule has 9 nitrogen and oxygen atoms in total. The highest BCUT2D eigenvalue weighted by Gasteiger charge is 2.37. The van der Waals surface area contributed by atoms with Crippen LogP contribution < -0.4 is 21.9 Å². The van der Waals surface area contributed by atoms with Gasteiger partial charge in [-0.2, -0.15) is 0 Å². The fraction of sp³-hybridized carbons (Fsp3) is 0.455. The highest BCUT2D eigenvalue weighted by molar-refractivity contribution is 6.00. The first-order valence-corrected chi connectivity index (χ1v) is 10.5. The SMILES string of the molecule is CCCCn1c(N)c(N(C)C(=O)C2CC(=O)N(Cc3ccc(C)cc3)C2)c(=O)[nH]c1=O. The molecule has 1 atom stereocenters. The zero-order chi connectivity index (χ0) is 22.7. The van der Waals surface area contributed by atoms with Gasteiger partial charge in [-0.05, 0) is 18.9 Å². The van der Waals surface area contributed by atoms with Crippen molar-refractivity contribution >= 4 is 23.3 Å². The van der Waals surface area contributed by atoms with E-state index in [1.165, 1.54) is 16.5 Å². The van der Waals surface area contributed by atoms with Crippen molar-refractivity contribution in [3.8, 4) is 0 Å². The summed E-state index contributed by atoms with van der Waals surface area (Å²) < 4.78 is 1.27. The maximum absolute atomic E-state index is 13.1. The number of benzene rings is 1. The molecule has 3 rings (SSSR count). The molecule has 1 fully saturated rings. The van der Waals surface area contributed by atoms with Crippen molar-refractivity contribution in [1.82, 2.24) is 14.5 Å². The van der Waals surface area contributed by atoms with Crippen molar-refractivity contribution in [2.24, 2.45) is 5.92 Å². The summed E-state index contributed by atoms with van der Waals surface area (Å²) in [5, 5.41) is 0. The number of nitrogens with zero attached hydrogens (tertiary/aromatic N) is 3. The summed E-state index contributed by atoms with van der Waals surface area (Å²) >= 11 is 0. The molecule has 0 bridgehead atoms. The van der Waals surface area contributed by atoms with Gasteiger partial charge in [-0.1, -0.05) is 43.2 Å². The first-order chi connectivity index (χ1) is 14.7. The lowest BCUT2D eigenvalue weighted by Gasteiger charge is -2.23. The van der Waals surface area contributed by atoms with Crippen LogP contribution in [0.25, 0.3) is 0 Å². The number of anilines is 2. The van der Waals surface area contributed by atoms with E-state index in [0.29, 0.717) is 19.5 Å². The minimum atomic E-state index is -0.716. The van der Waals surface area contributed by atoms with Gasteiger partial charge in [-0.25, -0.2) is 4.79 Å². The standard InChI is InChI=1S/C22H29N5O4/c1-4-5-10-27-19(23)18(20(29)24-22(27)31)25(3)21(30)16-11-17(28)26(13-16)12-15-8-6-14(2)7-9-15/h6-9,16H,4-5,10-13,23H2,1-3H3,(H,24,29,31). The quantitative estimate of drug-likeness (QED) is 0.689. The summed E-state index contributed by atoms with van der Waals surface area (Å²) in [6, 6.07) is 7.89. The third-order valence-corrected chi connectivity index (χ3v) is 5.67. The van der Waals surface area contributed by atoms with Gasteiger partial charge in [0.1, 0.15) is 5.82 Å². The van der Waals surface area contributed by atoms with Crippen LogP contribution in [0.5, 0.6) is 0 Å². The molecule has 1 aromatic carbocycles. The van der Waals surface area contributed by atoms with E-state index in [1.807, 2.05) is 38.1 Å². The zero-order valence-electron chi connectivity index (χ0n) is 18.2. The molecule has 2 amide bonds. The molecule has 1 saturated heterocycles. The third kappa shape index (κ3) is 4.70. The summed E-state index contributed by atoms with van der Waals surface area (Å²) in [5.74, 6) is -1.11. The van der Waals surface area contributed by atoms with E-state index in [1.54, 1.807) is 4.90 Å². The number of H-pyrrole nitrogens is 1. The molecule has 166 valence electrons. The van der Waals surface area contributed by atoms with E-state index in [4.69, 9.17) is 5.73 Å². The second kappa shape index (κ2) is 9.20. The molecule has 1 aromatic heterocycles. The van der Waals surface area contributed by atoms with Crippen molar-refractivity contribution < 1.29 is 9.59 Å². The molecule has 9 heteroatoms. The van der Waals surface area contributed by atoms with Gasteiger partial charge in [0.05, 0.1) is 5.92 Å². The van der Waals surface area contributed by atoms with Crippen molar-refractivity contribution in [2.75, 3.05) is 24.2 Å². The Morgan fingerprint density at radius 1 is 1.23 bits per heavy atom. The maximum atomic E-state index is 13.1. The first-order valence-electron chi connectivity index (χ1n) is 10.5. The third-order valence-electron chi connectivity index (χ3n) is 5.67. The summed E-state index contributed by atoms with van der Waals surface area (Å²) in [4.78, 5) is 55.2. The van der Waals surface area contributed by atoms with Gasteiger partial charge in [0.15, 0.2) is 5.69 Å². The molecule has 0 spiro atoms. The Morgan fingerprint density at radius 3 is 2.55 bits per heavy atom. The number of rotatable bonds is 7. The Hall–Kier alpha value is -3.36. The Balaban J connectivity index is 1.78. The second-order valence-corrected chi connectivity index (χ2v) is 8.06. The number of unbranched alkanes of at least 4 members (excludes halogenated alkanes) is 1. The lowest BCUT2D eigenvalue weighted by molar-refractivity contribution is -0.128. The van der Waals surface area contributed by atoms with Crippen LogP contribution in [0.2, 0.25) is 0 Å². The van der Waals surface area contributed by atoms with E-state index < -0.39 is 17.2 Å². The zero-order valence-corrected chi connectivity index (χ0v) is 18.2. The monoisotopic (exact) mass is 427 g/mol. The normalized spacial score (nSPS) is 16.0. The number of hydrogen-bond acceptors (Lipinski definition) is 5. The minimum Gasteiger partial charge on any atom is -0.383 e. The lowest BCUT2D eigenvalue weighted by Crippen LogP contribution is -2.42. The lowest BCUT2D eigenvalue weighted by atomic mass is 10.1. The number of carbonyl (C=O) groups is 2. The molecule has 0 saturated carbocycles. The molecule has 31 heavy (non-hydrogen) atoms. The molecular formula is C22H29N5O4. The molecule has 2 aromatic rings. The average Bonchev–Trinajstić information content (AvgIpc) is 3.09. The van der Waals surface area contributed by atoms with Gasteiger partial charge < -0.3 is 15.5 Å². The summed E-state index contributed by atoms with van der Waals surface area (Å²) in [6.07, 6.45) is 1.62. The number of nitrogens with one attached hydrogen (secondary N) is 1. The van der Waals surface area contributed by atoms with Crippen LogP contribution in [0.3, 0.4) is 0 Å². The number of nitrogen functional groups attached to an aromatic ring is 1. The summed E-state index contributed by atoms with van der Waals surface area (Å²) in [6.45, 7) is 5.01. The molecule has 1 unspecified atom stereocenters. The molecule has 1 aliphatic heterocycles. The van der Waals surface area contributed by atoms with Crippen LogP contribution in [-0.4, -0.2) is 39.9 Å².